The van der Waals surface area contributed by atoms with E-state index in [1.807, 2.05) is 6.92 Å². The van der Waals surface area contributed by atoms with Crippen LogP contribution in [0.1, 0.15) is 78.1 Å². The standard InChI is InChI=1S/C25H38F2O3/c1-3-5-15-28-22-13-14-23(25(27)24(22)26)30-16-18-7-9-19(10-8-18)20-11-12-21(6-4-2)29-17-20/h13-14,18-21H,3-12,15-17H2,1-2H3. The molecule has 0 spiro atoms. The van der Waals surface area contributed by atoms with Gasteiger partial charge >= 0.3 is 0 Å². The first kappa shape index (κ1) is 23.3. The molecule has 30 heavy (non-hydrogen) atoms. The maximum Gasteiger partial charge on any atom is 0.204 e. The molecule has 0 amide bonds. The van der Waals surface area contributed by atoms with Gasteiger partial charge in [0.25, 0.3) is 0 Å². The third-order valence-electron chi connectivity index (χ3n) is 6.82. The zero-order valence-corrected chi connectivity index (χ0v) is 18.6. The van der Waals surface area contributed by atoms with Crippen molar-refractivity contribution in [3.05, 3.63) is 23.8 Å². The van der Waals surface area contributed by atoms with Crippen LogP contribution in [0.5, 0.6) is 11.5 Å². The number of halogens is 2. The molecule has 2 aliphatic rings. The molecule has 5 heteroatoms. The lowest BCUT2D eigenvalue weighted by Crippen LogP contribution is -2.33. The lowest BCUT2D eigenvalue weighted by Gasteiger charge is -2.37. The molecule has 0 bridgehead atoms. The van der Waals surface area contributed by atoms with Crippen molar-refractivity contribution in [1.82, 2.24) is 0 Å². The number of rotatable bonds is 10. The topological polar surface area (TPSA) is 27.7 Å². The van der Waals surface area contributed by atoms with Crippen LogP contribution in [0, 0.1) is 29.4 Å². The largest absolute Gasteiger partial charge is 0.490 e. The summed E-state index contributed by atoms with van der Waals surface area (Å²) in [6.07, 6.45) is 11.6. The normalized spacial score (nSPS) is 27.1. The van der Waals surface area contributed by atoms with Gasteiger partial charge in [0.1, 0.15) is 0 Å². The van der Waals surface area contributed by atoms with Crippen LogP contribution in [0.25, 0.3) is 0 Å². The van der Waals surface area contributed by atoms with Gasteiger partial charge < -0.3 is 14.2 Å². The van der Waals surface area contributed by atoms with Crippen molar-refractivity contribution in [2.24, 2.45) is 17.8 Å². The highest BCUT2D eigenvalue weighted by atomic mass is 19.2. The minimum absolute atomic E-state index is 0.0138. The molecule has 1 aromatic carbocycles. The highest BCUT2D eigenvalue weighted by Gasteiger charge is 2.31. The second-order valence-corrected chi connectivity index (χ2v) is 9.07. The maximum atomic E-state index is 14.3. The van der Waals surface area contributed by atoms with E-state index in [0.29, 0.717) is 31.2 Å². The minimum Gasteiger partial charge on any atom is -0.490 e. The number of hydrogen-bond acceptors (Lipinski definition) is 3. The number of hydrogen-bond donors (Lipinski definition) is 0. The predicted molar refractivity (Wildman–Crippen MR) is 115 cm³/mol. The molecule has 0 radical (unpaired) electrons. The Hall–Kier alpha value is -1.36. The van der Waals surface area contributed by atoms with E-state index < -0.39 is 11.6 Å². The zero-order valence-electron chi connectivity index (χ0n) is 18.6. The van der Waals surface area contributed by atoms with Crippen molar-refractivity contribution in [1.29, 1.82) is 0 Å². The molecule has 1 saturated carbocycles. The Morgan fingerprint density at radius 3 is 2.13 bits per heavy atom. The van der Waals surface area contributed by atoms with Gasteiger partial charge in [0.2, 0.25) is 11.6 Å². The van der Waals surface area contributed by atoms with Gasteiger partial charge in [-0.1, -0.05) is 26.7 Å². The monoisotopic (exact) mass is 424 g/mol. The fourth-order valence-electron chi connectivity index (χ4n) is 4.85. The lowest BCUT2D eigenvalue weighted by atomic mass is 9.74. The second-order valence-electron chi connectivity index (χ2n) is 9.07. The first-order chi connectivity index (χ1) is 14.6. The summed E-state index contributed by atoms with van der Waals surface area (Å²) in [5.41, 5.74) is 0. The van der Waals surface area contributed by atoms with Crippen LogP contribution in [0.15, 0.2) is 12.1 Å². The smallest absolute Gasteiger partial charge is 0.204 e. The van der Waals surface area contributed by atoms with E-state index in [1.54, 1.807) is 0 Å². The molecule has 1 aliphatic heterocycles. The van der Waals surface area contributed by atoms with Crippen molar-refractivity contribution in [2.75, 3.05) is 19.8 Å². The summed E-state index contributed by atoms with van der Waals surface area (Å²) in [5, 5.41) is 0. The van der Waals surface area contributed by atoms with E-state index >= 15 is 0 Å². The van der Waals surface area contributed by atoms with E-state index in [2.05, 4.69) is 6.92 Å². The Labute approximate surface area is 180 Å². The summed E-state index contributed by atoms with van der Waals surface area (Å²) in [7, 11) is 0. The molecule has 2 atom stereocenters. The molecule has 170 valence electrons. The molecule has 1 heterocycles. The maximum absolute atomic E-state index is 14.3. The van der Waals surface area contributed by atoms with Crippen LogP contribution in [-0.4, -0.2) is 25.9 Å². The summed E-state index contributed by atoms with van der Waals surface area (Å²) in [6.45, 7) is 5.99. The lowest BCUT2D eigenvalue weighted by molar-refractivity contribution is -0.0428. The Morgan fingerprint density at radius 2 is 1.53 bits per heavy atom. The van der Waals surface area contributed by atoms with Crippen molar-refractivity contribution >= 4 is 0 Å². The van der Waals surface area contributed by atoms with E-state index in [4.69, 9.17) is 14.2 Å². The molecule has 1 saturated heterocycles. The van der Waals surface area contributed by atoms with Crippen molar-refractivity contribution in [3.8, 4) is 11.5 Å². The first-order valence-corrected chi connectivity index (χ1v) is 12.0. The van der Waals surface area contributed by atoms with Crippen molar-refractivity contribution in [3.63, 3.8) is 0 Å². The second kappa shape index (κ2) is 11.9. The van der Waals surface area contributed by atoms with Crippen LogP contribution in [0.3, 0.4) is 0 Å². The van der Waals surface area contributed by atoms with Gasteiger partial charge in [-0.15, -0.1) is 0 Å². The highest BCUT2D eigenvalue weighted by molar-refractivity contribution is 5.35. The fourth-order valence-corrected chi connectivity index (χ4v) is 4.85. The molecular formula is C25H38F2O3. The third kappa shape index (κ3) is 6.32. The van der Waals surface area contributed by atoms with Crippen molar-refractivity contribution < 1.29 is 23.0 Å². The van der Waals surface area contributed by atoms with Crippen LogP contribution in [0.4, 0.5) is 8.78 Å². The summed E-state index contributed by atoms with van der Waals surface area (Å²) in [6, 6.07) is 2.95. The van der Waals surface area contributed by atoms with Gasteiger partial charge in [0, 0.05) is 0 Å². The Balaban J connectivity index is 1.41. The van der Waals surface area contributed by atoms with E-state index in [9.17, 15) is 8.78 Å². The predicted octanol–water partition coefficient (Wildman–Crippen LogP) is 6.92. The van der Waals surface area contributed by atoms with Crippen LogP contribution in [-0.2, 0) is 4.74 Å². The van der Waals surface area contributed by atoms with Gasteiger partial charge in [-0.25, -0.2) is 0 Å². The first-order valence-electron chi connectivity index (χ1n) is 12.0. The van der Waals surface area contributed by atoms with Gasteiger partial charge in [-0.3, -0.25) is 0 Å². The van der Waals surface area contributed by atoms with E-state index in [0.717, 1.165) is 38.2 Å². The number of unbranched alkanes of at least 4 members (excludes halogenated alkanes) is 1. The Bertz CT molecular complexity index is 636. The third-order valence-corrected chi connectivity index (χ3v) is 6.82. The van der Waals surface area contributed by atoms with Gasteiger partial charge in [-0.05, 0) is 81.3 Å². The SMILES string of the molecule is CCCCOc1ccc(OCC2CCC(C3CCC(CCC)OC3)CC2)c(F)c1F. The molecule has 3 rings (SSSR count). The summed E-state index contributed by atoms with van der Waals surface area (Å²) >= 11 is 0. The van der Waals surface area contributed by atoms with Gasteiger partial charge in [0.05, 0.1) is 25.9 Å². The zero-order chi connectivity index (χ0) is 21.3. The van der Waals surface area contributed by atoms with E-state index in [1.165, 1.54) is 50.7 Å². The average molecular weight is 425 g/mol. The molecule has 0 aromatic heterocycles. The molecule has 1 aliphatic carbocycles. The number of benzene rings is 1. The van der Waals surface area contributed by atoms with E-state index in [-0.39, 0.29) is 11.5 Å². The molecule has 3 nitrogen and oxygen atoms in total. The fraction of sp³-hybridized carbons (Fsp3) is 0.760. The van der Waals surface area contributed by atoms with Crippen LogP contribution >= 0.6 is 0 Å². The summed E-state index contributed by atoms with van der Waals surface area (Å²) in [5.74, 6) is -0.125. The van der Waals surface area contributed by atoms with Gasteiger partial charge in [-0.2, -0.15) is 8.78 Å². The molecular weight excluding hydrogens is 386 g/mol. The molecule has 0 N–H and O–H groups in total. The average Bonchev–Trinajstić information content (AvgIpc) is 2.77. The molecule has 2 unspecified atom stereocenters. The summed E-state index contributed by atoms with van der Waals surface area (Å²) < 4.78 is 45.6. The van der Waals surface area contributed by atoms with Crippen LogP contribution in [0.2, 0.25) is 0 Å². The summed E-state index contributed by atoms with van der Waals surface area (Å²) in [4.78, 5) is 0. The van der Waals surface area contributed by atoms with Gasteiger partial charge in [0.15, 0.2) is 11.5 Å². The number of ether oxygens (including phenoxy) is 3. The molecule has 1 aromatic rings. The molecule has 2 fully saturated rings. The Morgan fingerprint density at radius 1 is 0.867 bits per heavy atom. The van der Waals surface area contributed by atoms with Crippen molar-refractivity contribution in [2.45, 2.75) is 84.2 Å². The Kier molecular flexibility index (Phi) is 9.23. The minimum atomic E-state index is -0.953. The quantitative estimate of drug-likeness (QED) is 0.381. The highest BCUT2D eigenvalue weighted by Crippen LogP contribution is 2.38. The van der Waals surface area contributed by atoms with Crippen LogP contribution < -0.4 is 9.47 Å².